The lowest BCUT2D eigenvalue weighted by Crippen LogP contribution is -2.37. The zero-order chi connectivity index (χ0) is 30.7. The quantitative estimate of drug-likeness (QED) is 0.0366. The summed E-state index contributed by atoms with van der Waals surface area (Å²) < 4.78 is 33.2. The van der Waals surface area contributed by atoms with E-state index < -0.39 is 14.1 Å². The van der Waals surface area contributed by atoms with Gasteiger partial charge in [0, 0.05) is 13.0 Å². The van der Waals surface area contributed by atoms with Crippen molar-refractivity contribution in [2.24, 2.45) is 0 Å². The molecule has 41 heavy (non-hydrogen) atoms. The van der Waals surface area contributed by atoms with E-state index in [0.717, 1.165) is 32.1 Å². The third kappa shape index (κ3) is 31.2. The second-order valence-electron chi connectivity index (χ2n) is 10.8. The summed E-state index contributed by atoms with van der Waals surface area (Å²) in [5, 5.41) is 2.83. The normalized spacial score (nSPS) is 15.0. The molecule has 0 saturated carbocycles. The number of quaternary nitrogens is 1. The van der Waals surface area contributed by atoms with E-state index in [4.69, 9.17) is 18.5 Å². The van der Waals surface area contributed by atoms with Gasteiger partial charge in [-0.3, -0.25) is 13.8 Å². The van der Waals surface area contributed by atoms with Crippen molar-refractivity contribution in [3.8, 4) is 0 Å². The van der Waals surface area contributed by atoms with Crippen LogP contribution in [0.4, 0.5) is 0 Å². The maximum Gasteiger partial charge on any atom is 0.472 e. The Labute approximate surface area is 249 Å². The Morgan fingerprint density at radius 1 is 0.805 bits per heavy atom. The molecule has 10 heteroatoms. The smallest absolute Gasteiger partial charge is 0.354 e. The molecule has 0 aliphatic carbocycles. The molecule has 2 N–H and O–H groups in total. The molecule has 0 aromatic heterocycles. The summed E-state index contributed by atoms with van der Waals surface area (Å²) in [4.78, 5) is 21.6. The minimum atomic E-state index is -4.09. The zero-order valence-corrected chi connectivity index (χ0v) is 27.2. The Bertz CT molecular complexity index is 807. The van der Waals surface area contributed by atoms with Crippen LogP contribution in [-0.4, -0.2) is 82.2 Å². The summed E-state index contributed by atoms with van der Waals surface area (Å²) in [6.07, 6.45) is 27.1. The monoisotopic (exact) mass is 601 g/mol. The molecule has 9 nitrogen and oxygen atoms in total. The lowest BCUT2D eigenvalue weighted by atomic mass is 10.2. The molecule has 0 aromatic rings. The Morgan fingerprint density at radius 3 is 1.93 bits per heavy atom. The summed E-state index contributed by atoms with van der Waals surface area (Å²) in [5.41, 5.74) is 0. The van der Waals surface area contributed by atoms with Crippen LogP contribution in [0.3, 0.4) is 0 Å². The molecule has 0 spiro atoms. The highest BCUT2D eigenvalue weighted by molar-refractivity contribution is 7.47. The Morgan fingerprint density at radius 2 is 1.34 bits per heavy atom. The van der Waals surface area contributed by atoms with Gasteiger partial charge in [-0.1, -0.05) is 68.4 Å². The predicted molar refractivity (Wildman–Crippen MR) is 167 cm³/mol. The third-order valence-corrected chi connectivity index (χ3v) is 6.73. The van der Waals surface area contributed by atoms with Gasteiger partial charge in [-0.15, -0.1) is 0 Å². The Balaban J connectivity index is 3.65. The van der Waals surface area contributed by atoms with Gasteiger partial charge in [0.15, 0.2) is 6.29 Å². The fourth-order valence-electron chi connectivity index (χ4n) is 3.33. The van der Waals surface area contributed by atoms with Crippen LogP contribution in [0, 0.1) is 0 Å². The van der Waals surface area contributed by atoms with Crippen LogP contribution in [0.2, 0.25) is 0 Å². The number of phosphoric acid groups is 1. The molecular weight excluding hydrogens is 543 g/mol. The molecule has 2 unspecified atom stereocenters. The first-order valence-electron chi connectivity index (χ1n) is 15.1. The molecule has 1 amide bonds. The number of carbonyl (C=O) groups excluding carboxylic acids is 1. The number of nitrogens with zero attached hydrogens (tertiary/aromatic N) is 1. The Hall–Kier alpha value is -1.58. The number of nitrogens with one attached hydrogen (secondary N) is 1. The fourth-order valence-corrected chi connectivity index (χ4v) is 4.02. The van der Waals surface area contributed by atoms with Gasteiger partial charge >= 0.3 is 7.82 Å². The van der Waals surface area contributed by atoms with Crippen molar-refractivity contribution in [1.82, 2.24) is 5.32 Å². The molecule has 0 heterocycles. The number of allylic oxidation sites excluding steroid dienone is 8. The second-order valence-corrected chi connectivity index (χ2v) is 12.2. The van der Waals surface area contributed by atoms with Gasteiger partial charge in [0.2, 0.25) is 5.91 Å². The van der Waals surface area contributed by atoms with Crippen molar-refractivity contribution in [2.45, 2.75) is 84.3 Å². The molecule has 238 valence electrons. The lowest BCUT2D eigenvalue weighted by molar-refractivity contribution is -0.870. The Kier molecular flexibility index (Phi) is 25.1. The zero-order valence-electron chi connectivity index (χ0n) is 26.3. The maximum absolute atomic E-state index is 12.0. The van der Waals surface area contributed by atoms with E-state index in [1.807, 2.05) is 21.1 Å². The summed E-state index contributed by atoms with van der Waals surface area (Å²) in [5.74, 6) is -0.00424. The number of amides is 1. The van der Waals surface area contributed by atoms with Crippen LogP contribution in [-0.2, 0) is 27.9 Å². The van der Waals surface area contributed by atoms with E-state index in [0.29, 0.717) is 30.6 Å². The molecule has 0 rings (SSSR count). The molecule has 0 fully saturated rings. The number of rotatable bonds is 27. The van der Waals surface area contributed by atoms with E-state index in [1.165, 1.54) is 25.7 Å². The highest BCUT2D eigenvalue weighted by Gasteiger charge is 2.22. The molecule has 2 atom stereocenters. The van der Waals surface area contributed by atoms with Crippen LogP contribution < -0.4 is 5.32 Å². The van der Waals surface area contributed by atoms with Crippen LogP contribution in [0.15, 0.2) is 48.6 Å². The maximum atomic E-state index is 12.0. The first-order chi connectivity index (χ1) is 19.6. The topological polar surface area (TPSA) is 103 Å². The van der Waals surface area contributed by atoms with E-state index in [9.17, 15) is 14.3 Å². The summed E-state index contributed by atoms with van der Waals surface area (Å²) in [6.45, 7) is 5.32. The minimum Gasteiger partial charge on any atom is -0.354 e. The van der Waals surface area contributed by atoms with E-state index in [1.54, 1.807) is 6.92 Å². The molecule has 0 bridgehead atoms. The predicted octanol–water partition coefficient (Wildman–Crippen LogP) is 6.47. The number of phosphoric ester groups is 1. The average molecular weight is 602 g/mol. The van der Waals surface area contributed by atoms with Crippen molar-refractivity contribution in [3.63, 3.8) is 0 Å². The molecule has 0 saturated heterocycles. The van der Waals surface area contributed by atoms with E-state index in [-0.39, 0.29) is 25.7 Å². The number of carbonyl (C=O) groups is 1. The second kappa shape index (κ2) is 26.1. The van der Waals surface area contributed by atoms with E-state index in [2.05, 4.69) is 60.8 Å². The van der Waals surface area contributed by atoms with Gasteiger partial charge in [0.25, 0.3) is 0 Å². The largest absolute Gasteiger partial charge is 0.472 e. The van der Waals surface area contributed by atoms with Gasteiger partial charge in [-0.2, -0.15) is 0 Å². The molecule has 0 aromatic carbocycles. The summed E-state index contributed by atoms with van der Waals surface area (Å²) in [7, 11) is 1.79. The molecule has 0 aliphatic heterocycles. The molecule has 0 aliphatic rings. The van der Waals surface area contributed by atoms with Crippen LogP contribution in [0.5, 0.6) is 0 Å². The van der Waals surface area contributed by atoms with Crippen molar-refractivity contribution < 1.29 is 37.3 Å². The highest BCUT2D eigenvalue weighted by atomic mass is 31.2. The summed E-state index contributed by atoms with van der Waals surface area (Å²) in [6, 6.07) is 0. The number of unbranched alkanes of at least 4 members (excludes halogenated alkanes) is 4. The summed E-state index contributed by atoms with van der Waals surface area (Å²) >= 11 is 0. The first-order valence-corrected chi connectivity index (χ1v) is 16.6. The number of hydrogen-bond donors (Lipinski definition) is 2. The molecule has 0 radical (unpaired) electrons. The van der Waals surface area contributed by atoms with Crippen molar-refractivity contribution in [3.05, 3.63) is 48.6 Å². The number of hydrogen-bond acceptors (Lipinski definition) is 6. The van der Waals surface area contributed by atoms with E-state index >= 15 is 0 Å². The standard InChI is InChI=1S/C31H57N2O7P/c1-6-7-8-9-10-11-12-13-14-15-16-17-18-19-20-21-22-23-31(34)32-24-26-37-30(2)38-28-29-40-41(35,36)39-27-25-33(3,4)5/h10-11,13-14,16-17,19-20,30H,6-9,12,15,18,21-29H2,1-5H3,(H-,32,34,35,36)/p+1/b11-10-,14-13-,17-16-,20-19-. The number of likely N-dealkylation sites (N-methyl/N-ethyl adjacent to an activating group) is 1. The van der Waals surface area contributed by atoms with Crippen LogP contribution in [0.1, 0.15) is 78.1 Å². The average Bonchev–Trinajstić information content (AvgIpc) is 2.90. The van der Waals surface area contributed by atoms with Crippen molar-refractivity contribution in [1.29, 1.82) is 0 Å². The first kappa shape index (κ1) is 39.4. The van der Waals surface area contributed by atoms with Crippen LogP contribution in [0.25, 0.3) is 0 Å². The highest BCUT2D eigenvalue weighted by Crippen LogP contribution is 2.42. The van der Waals surface area contributed by atoms with Gasteiger partial charge in [-0.05, 0) is 51.9 Å². The third-order valence-electron chi connectivity index (χ3n) is 5.72. The van der Waals surface area contributed by atoms with Crippen molar-refractivity contribution in [2.75, 3.05) is 60.7 Å². The van der Waals surface area contributed by atoms with Crippen molar-refractivity contribution >= 4 is 13.7 Å². The lowest BCUT2D eigenvalue weighted by Gasteiger charge is -2.24. The minimum absolute atomic E-state index is 0.00424. The van der Waals surface area contributed by atoms with Gasteiger partial charge in [0.1, 0.15) is 13.2 Å². The van der Waals surface area contributed by atoms with Gasteiger partial charge < -0.3 is 24.2 Å². The van der Waals surface area contributed by atoms with Gasteiger partial charge in [0.05, 0.1) is 41.0 Å². The van der Waals surface area contributed by atoms with Gasteiger partial charge in [-0.25, -0.2) is 4.57 Å². The SMILES string of the molecule is CCCCC/C=C\C/C=C\C/C=C\C/C=C\CCCC(=O)NCCOC(C)OCCOP(=O)(O)OCC[N+](C)(C)C. The van der Waals surface area contributed by atoms with Crippen LogP contribution >= 0.6 is 7.82 Å². The number of ether oxygens (including phenoxy) is 2. The fraction of sp³-hybridized carbons (Fsp3) is 0.710. The molecular formula is C31H58N2O7P+.